The third-order valence-corrected chi connectivity index (χ3v) is 10.6. The van der Waals surface area contributed by atoms with Crippen LogP contribution in [0.5, 0.6) is 0 Å². The van der Waals surface area contributed by atoms with Gasteiger partial charge in [-0.1, -0.05) is 169 Å². The van der Waals surface area contributed by atoms with Gasteiger partial charge in [0.15, 0.2) is 0 Å². The molecule has 1 heteroatoms. The Hall–Kier alpha value is -4.62. The molecule has 0 saturated carbocycles. The summed E-state index contributed by atoms with van der Waals surface area (Å²) in [5, 5.41) is 5.24. The van der Waals surface area contributed by atoms with Gasteiger partial charge in [-0.25, -0.2) is 0 Å². The van der Waals surface area contributed by atoms with Crippen molar-refractivity contribution in [1.29, 1.82) is 0 Å². The second kappa shape index (κ2) is 10.2. The first-order valence-corrected chi connectivity index (χ1v) is 16.0. The molecular formula is C43H37B. The summed E-state index contributed by atoms with van der Waals surface area (Å²) < 4.78 is 0. The molecule has 0 spiro atoms. The molecular weight excluding hydrogens is 527 g/mol. The molecule has 0 N–H and O–H groups in total. The van der Waals surface area contributed by atoms with Crippen LogP contribution in [0.2, 0.25) is 0 Å². The number of hydrogen-bond donors (Lipinski definition) is 0. The lowest BCUT2D eigenvalue weighted by Gasteiger charge is -2.29. The smallest absolute Gasteiger partial charge is 0.0839 e. The fourth-order valence-corrected chi connectivity index (χ4v) is 8.24. The number of allylic oxidation sites excluding steroid dienone is 4. The van der Waals surface area contributed by atoms with Crippen molar-refractivity contribution in [2.75, 3.05) is 0 Å². The number of hydrogen-bond acceptors (Lipinski definition) is 0. The lowest BCUT2D eigenvalue weighted by Crippen LogP contribution is -2.54. The molecule has 0 aliphatic heterocycles. The molecule has 2 aliphatic carbocycles. The lowest BCUT2D eigenvalue weighted by atomic mass is 9.34. The molecule has 0 fully saturated rings. The van der Waals surface area contributed by atoms with Crippen LogP contribution in [-0.4, -0.2) is 6.71 Å². The van der Waals surface area contributed by atoms with Crippen molar-refractivity contribution >= 4 is 50.2 Å². The monoisotopic (exact) mass is 564 g/mol. The largest absolute Gasteiger partial charge is 0.243 e. The van der Waals surface area contributed by atoms with E-state index in [2.05, 4.69) is 161 Å². The maximum atomic E-state index is 2.48. The Morgan fingerprint density at radius 3 is 1.95 bits per heavy atom. The number of rotatable bonds is 4. The van der Waals surface area contributed by atoms with Gasteiger partial charge in [0.2, 0.25) is 6.71 Å². The second-order valence-electron chi connectivity index (χ2n) is 13.4. The molecule has 44 heavy (non-hydrogen) atoms. The van der Waals surface area contributed by atoms with Crippen LogP contribution in [0.15, 0.2) is 133 Å². The fourth-order valence-electron chi connectivity index (χ4n) is 8.24. The van der Waals surface area contributed by atoms with Crippen molar-refractivity contribution in [3.8, 4) is 11.1 Å². The van der Waals surface area contributed by atoms with E-state index in [1.165, 1.54) is 76.9 Å². The quantitative estimate of drug-likeness (QED) is 0.188. The van der Waals surface area contributed by atoms with E-state index < -0.39 is 0 Å². The van der Waals surface area contributed by atoms with Crippen LogP contribution in [-0.2, 0) is 5.41 Å². The van der Waals surface area contributed by atoms with Gasteiger partial charge >= 0.3 is 0 Å². The molecule has 2 aliphatic rings. The Morgan fingerprint density at radius 1 is 0.636 bits per heavy atom. The van der Waals surface area contributed by atoms with E-state index in [0.717, 1.165) is 6.42 Å². The van der Waals surface area contributed by atoms with Gasteiger partial charge in [0.25, 0.3) is 0 Å². The number of aryl methyl sites for hydroxylation is 2. The van der Waals surface area contributed by atoms with Gasteiger partial charge in [0, 0.05) is 0 Å². The number of benzene rings is 6. The molecule has 6 aromatic carbocycles. The summed E-state index contributed by atoms with van der Waals surface area (Å²) in [5.41, 5.74) is 13.9. The predicted octanol–water partition coefficient (Wildman–Crippen LogP) is 9.04. The van der Waals surface area contributed by atoms with E-state index in [-0.39, 0.29) is 12.1 Å². The van der Waals surface area contributed by atoms with Gasteiger partial charge in [-0.2, -0.15) is 0 Å². The van der Waals surface area contributed by atoms with Crippen molar-refractivity contribution in [3.63, 3.8) is 0 Å². The third-order valence-electron chi connectivity index (χ3n) is 10.6. The average Bonchev–Trinajstić information content (AvgIpc) is 3.29. The third kappa shape index (κ3) is 4.14. The summed E-state index contributed by atoms with van der Waals surface area (Å²) in [4.78, 5) is 0. The first-order valence-electron chi connectivity index (χ1n) is 16.0. The summed E-state index contributed by atoms with van der Waals surface area (Å²) in [6, 6.07) is 43.5. The van der Waals surface area contributed by atoms with Crippen molar-refractivity contribution in [3.05, 3.63) is 156 Å². The highest BCUT2D eigenvalue weighted by molar-refractivity contribution is 6.98. The second-order valence-corrected chi connectivity index (χ2v) is 13.4. The molecule has 8 rings (SSSR count). The van der Waals surface area contributed by atoms with Crippen LogP contribution in [0.1, 0.15) is 42.5 Å². The molecule has 1 atom stereocenters. The van der Waals surface area contributed by atoms with E-state index in [1.807, 2.05) is 0 Å². The average molecular weight is 565 g/mol. The summed E-state index contributed by atoms with van der Waals surface area (Å²) >= 11 is 0. The molecule has 0 radical (unpaired) electrons. The molecule has 0 aromatic heterocycles. The lowest BCUT2D eigenvalue weighted by molar-refractivity contribution is 0.415. The van der Waals surface area contributed by atoms with Crippen LogP contribution >= 0.6 is 0 Å². The van der Waals surface area contributed by atoms with Crippen molar-refractivity contribution in [2.45, 2.75) is 39.5 Å². The molecule has 0 heterocycles. The summed E-state index contributed by atoms with van der Waals surface area (Å²) in [6.07, 6.45) is 8.02. The Labute approximate surface area is 261 Å². The van der Waals surface area contributed by atoms with E-state index >= 15 is 0 Å². The minimum atomic E-state index is 0.0946. The number of fused-ring (bicyclic) bond motifs is 5. The highest BCUT2D eigenvalue weighted by atomic mass is 14.5. The SMILES string of the molecule is Cc1ccc2ccccc2c1B(c1cccc(-c2ccc3c(c2)C(C)(C)C2CC=CC=C32)c1)c1c(C)ccc2ccccc12. The zero-order chi connectivity index (χ0) is 30.0. The van der Waals surface area contributed by atoms with Gasteiger partial charge in [0.1, 0.15) is 0 Å². The molecule has 0 amide bonds. The van der Waals surface area contributed by atoms with Gasteiger partial charge in [0.05, 0.1) is 0 Å². The normalized spacial score (nSPS) is 16.5. The first kappa shape index (κ1) is 27.0. The molecule has 6 aromatic rings. The van der Waals surface area contributed by atoms with Crippen LogP contribution in [0.25, 0.3) is 38.2 Å². The zero-order valence-corrected chi connectivity index (χ0v) is 26.1. The van der Waals surface area contributed by atoms with Crippen LogP contribution < -0.4 is 16.4 Å². The molecule has 0 nitrogen and oxygen atoms in total. The van der Waals surface area contributed by atoms with Gasteiger partial charge < -0.3 is 0 Å². The Balaban J connectivity index is 1.36. The van der Waals surface area contributed by atoms with Crippen molar-refractivity contribution < 1.29 is 0 Å². The van der Waals surface area contributed by atoms with Gasteiger partial charge in [-0.3, -0.25) is 0 Å². The van der Waals surface area contributed by atoms with Crippen LogP contribution in [0.3, 0.4) is 0 Å². The Kier molecular flexibility index (Phi) is 6.28. The zero-order valence-electron chi connectivity index (χ0n) is 26.1. The standard InChI is InChI=1S/C43H37B/c1-28-20-22-30-12-5-7-16-35(30)41(28)44(42-29(2)21-23-31-13-6-8-17-36(31)42)34-15-11-14-32(26-34)33-24-25-38-37-18-9-10-19-39(37)43(3,4)40(38)27-33/h5-18,20-27,39H,19H2,1-4H3. The molecule has 1 unspecified atom stereocenters. The van der Waals surface area contributed by atoms with Crippen molar-refractivity contribution in [2.24, 2.45) is 5.92 Å². The topological polar surface area (TPSA) is 0 Å². The highest BCUT2D eigenvalue weighted by Gasteiger charge is 2.42. The maximum Gasteiger partial charge on any atom is 0.243 e. The van der Waals surface area contributed by atoms with Crippen molar-refractivity contribution in [1.82, 2.24) is 0 Å². The summed E-state index contributed by atoms with van der Waals surface area (Å²) in [7, 11) is 0. The summed E-state index contributed by atoms with van der Waals surface area (Å²) in [5.74, 6) is 0.553. The summed E-state index contributed by atoms with van der Waals surface area (Å²) in [6.45, 7) is 9.52. The van der Waals surface area contributed by atoms with Gasteiger partial charge in [-0.15, -0.1) is 0 Å². The molecule has 0 bridgehead atoms. The van der Waals surface area contributed by atoms with E-state index in [1.54, 1.807) is 0 Å². The first-order chi connectivity index (χ1) is 21.4. The van der Waals surface area contributed by atoms with E-state index in [0.29, 0.717) is 5.92 Å². The minimum Gasteiger partial charge on any atom is -0.0839 e. The minimum absolute atomic E-state index is 0.0946. The Morgan fingerprint density at radius 2 is 1.27 bits per heavy atom. The Bertz CT molecular complexity index is 2070. The molecule has 212 valence electrons. The van der Waals surface area contributed by atoms with E-state index in [4.69, 9.17) is 0 Å². The maximum absolute atomic E-state index is 2.48. The van der Waals surface area contributed by atoms with Crippen LogP contribution in [0, 0.1) is 19.8 Å². The highest BCUT2D eigenvalue weighted by Crippen LogP contribution is 2.53. The van der Waals surface area contributed by atoms with Gasteiger partial charge in [-0.05, 0) is 87.0 Å². The predicted molar refractivity (Wildman–Crippen MR) is 192 cm³/mol. The molecule has 0 saturated heterocycles. The van der Waals surface area contributed by atoms with E-state index in [9.17, 15) is 0 Å². The fraction of sp³-hybridized carbons (Fsp3) is 0.163. The van der Waals surface area contributed by atoms with Crippen LogP contribution in [0.4, 0.5) is 0 Å².